The van der Waals surface area contributed by atoms with E-state index in [1.54, 1.807) is 12.1 Å². The largest absolute Gasteiger partial charge is 0.456 e. The second kappa shape index (κ2) is 11.9. The summed E-state index contributed by atoms with van der Waals surface area (Å²) in [5.41, 5.74) is 12.1. The van der Waals surface area contributed by atoms with Crippen LogP contribution in [0.25, 0.3) is 22.2 Å². The van der Waals surface area contributed by atoms with E-state index < -0.39 is 5.60 Å². The van der Waals surface area contributed by atoms with Gasteiger partial charge < -0.3 is 15.0 Å². The lowest BCUT2D eigenvalue weighted by Gasteiger charge is -2.20. The zero-order chi connectivity index (χ0) is 28.2. The molecule has 0 saturated heterocycles. The van der Waals surface area contributed by atoms with Crippen molar-refractivity contribution in [3.05, 3.63) is 83.2 Å². The molecule has 0 aliphatic carbocycles. The predicted molar refractivity (Wildman–Crippen MR) is 158 cm³/mol. The zero-order valence-corrected chi connectivity index (χ0v) is 23.7. The van der Waals surface area contributed by atoms with Crippen molar-refractivity contribution in [2.75, 3.05) is 5.73 Å². The number of Topliss-reactive ketones (excluding diaryl/α,β-unsaturated/α-hetero) is 1. The molecule has 2 N–H and O–H groups in total. The van der Waals surface area contributed by atoms with Crippen LogP contribution in [0.4, 0.5) is 5.69 Å². The average Bonchev–Trinajstić information content (AvgIpc) is 3.24. The van der Waals surface area contributed by atoms with E-state index in [1.807, 2.05) is 64.1 Å². The summed E-state index contributed by atoms with van der Waals surface area (Å²) in [6.45, 7) is 10.4. The number of ether oxygens (including phenoxy) is 1. The molecule has 4 rings (SSSR count). The van der Waals surface area contributed by atoms with Gasteiger partial charge in [-0.05, 0) is 68.5 Å². The molecule has 0 aliphatic rings. The lowest BCUT2D eigenvalue weighted by Crippen LogP contribution is -2.24. The van der Waals surface area contributed by atoms with Crippen molar-refractivity contribution in [1.29, 1.82) is 0 Å². The summed E-state index contributed by atoms with van der Waals surface area (Å²) >= 11 is 0. The first-order valence-corrected chi connectivity index (χ1v) is 13.8. The molecule has 39 heavy (non-hydrogen) atoms. The van der Waals surface area contributed by atoms with Gasteiger partial charge in [-0.15, -0.1) is 0 Å². The van der Waals surface area contributed by atoms with E-state index >= 15 is 0 Å². The number of aryl methyl sites for hydroxylation is 1. The maximum Gasteiger partial charge on any atom is 0.339 e. The van der Waals surface area contributed by atoms with E-state index in [0.29, 0.717) is 29.8 Å². The van der Waals surface area contributed by atoms with E-state index in [4.69, 9.17) is 15.5 Å². The molecule has 0 unspecified atom stereocenters. The number of unbranched alkanes of at least 4 members (excludes halogenated alkanes) is 1. The highest BCUT2D eigenvalue weighted by Crippen LogP contribution is 2.29. The third kappa shape index (κ3) is 6.56. The Hall–Kier alpha value is -3.93. The van der Waals surface area contributed by atoms with Crippen molar-refractivity contribution in [2.24, 2.45) is 0 Å². The van der Waals surface area contributed by atoms with Crippen molar-refractivity contribution < 1.29 is 14.3 Å². The zero-order valence-electron chi connectivity index (χ0n) is 23.7. The van der Waals surface area contributed by atoms with Gasteiger partial charge in [0.1, 0.15) is 16.9 Å². The minimum Gasteiger partial charge on any atom is -0.456 e. The molecule has 204 valence electrons. The number of nitrogen functional groups attached to an aromatic ring is 1. The first kappa shape index (κ1) is 28.1. The summed E-state index contributed by atoms with van der Waals surface area (Å²) < 4.78 is 7.82. The molecule has 3 aromatic carbocycles. The van der Waals surface area contributed by atoms with Gasteiger partial charge in [-0.2, -0.15) is 0 Å². The van der Waals surface area contributed by atoms with Gasteiger partial charge in [-0.3, -0.25) is 4.79 Å². The van der Waals surface area contributed by atoms with E-state index in [1.165, 1.54) is 0 Å². The Balaban J connectivity index is 1.69. The van der Waals surface area contributed by atoms with Crippen molar-refractivity contribution in [3.63, 3.8) is 0 Å². The quantitative estimate of drug-likeness (QED) is 0.131. The number of benzene rings is 3. The van der Waals surface area contributed by atoms with Crippen LogP contribution in [0, 0.1) is 0 Å². The molecule has 6 heteroatoms. The number of anilines is 1. The molecule has 6 nitrogen and oxygen atoms in total. The van der Waals surface area contributed by atoms with Gasteiger partial charge >= 0.3 is 5.97 Å². The summed E-state index contributed by atoms with van der Waals surface area (Å²) in [5.74, 6) is 0.735. The SMILES string of the molecule is CCCCc1nc2c(N)cc(C(=O)CCC)cc2n1Cc1ccc(-c2ccccc2C(=O)OC(C)(C)C)cc1. The lowest BCUT2D eigenvalue weighted by atomic mass is 9.98. The Kier molecular flexibility index (Phi) is 8.54. The van der Waals surface area contributed by atoms with Crippen molar-refractivity contribution in [1.82, 2.24) is 9.55 Å². The van der Waals surface area contributed by atoms with Gasteiger partial charge in [-0.1, -0.05) is 62.7 Å². The second-order valence-corrected chi connectivity index (χ2v) is 11.1. The fourth-order valence-electron chi connectivity index (χ4n) is 4.75. The van der Waals surface area contributed by atoms with E-state index in [2.05, 4.69) is 23.6 Å². The predicted octanol–water partition coefficient (Wildman–Crippen LogP) is 7.61. The number of fused-ring (bicyclic) bond motifs is 1. The molecule has 0 radical (unpaired) electrons. The van der Waals surface area contributed by atoms with Gasteiger partial charge in [0, 0.05) is 24.9 Å². The molecule has 1 heterocycles. The van der Waals surface area contributed by atoms with Gasteiger partial charge in [0.25, 0.3) is 0 Å². The molecule has 1 aromatic heterocycles. The monoisotopic (exact) mass is 525 g/mol. The second-order valence-electron chi connectivity index (χ2n) is 11.1. The number of nitrogens with zero attached hydrogens (tertiary/aromatic N) is 2. The van der Waals surface area contributed by atoms with Gasteiger partial charge in [0.2, 0.25) is 0 Å². The first-order chi connectivity index (χ1) is 18.6. The number of rotatable bonds is 10. The highest BCUT2D eigenvalue weighted by molar-refractivity contribution is 6.02. The van der Waals surface area contributed by atoms with Gasteiger partial charge in [0.15, 0.2) is 5.78 Å². The number of carbonyl (C=O) groups is 2. The summed E-state index contributed by atoms with van der Waals surface area (Å²) in [5, 5.41) is 0. The number of esters is 1. The van der Waals surface area contributed by atoms with Crippen LogP contribution in [0.15, 0.2) is 60.7 Å². The molecule has 0 atom stereocenters. The molecule has 0 amide bonds. The summed E-state index contributed by atoms with van der Waals surface area (Å²) in [4.78, 5) is 30.4. The van der Waals surface area contributed by atoms with Crippen molar-refractivity contribution >= 4 is 28.5 Å². The number of nitrogens with two attached hydrogens (primary N) is 1. The smallest absolute Gasteiger partial charge is 0.339 e. The normalized spacial score (nSPS) is 11.6. The van der Waals surface area contributed by atoms with Crippen LogP contribution in [0.5, 0.6) is 0 Å². The third-order valence-corrected chi connectivity index (χ3v) is 6.67. The summed E-state index contributed by atoms with van der Waals surface area (Å²) in [6.07, 6.45) is 4.20. The Morgan fingerprint density at radius 1 is 0.974 bits per heavy atom. The third-order valence-electron chi connectivity index (χ3n) is 6.67. The lowest BCUT2D eigenvalue weighted by molar-refractivity contribution is 0.00703. The van der Waals surface area contributed by atoms with Crippen LogP contribution in [-0.4, -0.2) is 26.9 Å². The van der Waals surface area contributed by atoms with Crippen LogP contribution in [0.1, 0.15) is 92.4 Å². The minimum atomic E-state index is -0.568. The number of carbonyl (C=O) groups excluding carboxylic acids is 2. The number of ketones is 1. The molecule has 0 aliphatic heterocycles. The maximum atomic E-state index is 12.9. The number of imidazole rings is 1. The molecule has 0 spiro atoms. The van der Waals surface area contributed by atoms with E-state index in [0.717, 1.165) is 59.2 Å². The van der Waals surface area contributed by atoms with Gasteiger partial charge in [0.05, 0.1) is 16.8 Å². The molecular weight excluding hydrogens is 486 g/mol. The molecule has 4 aromatic rings. The van der Waals surface area contributed by atoms with Crippen molar-refractivity contribution in [3.8, 4) is 11.1 Å². The van der Waals surface area contributed by atoms with Crippen LogP contribution in [-0.2, 0) is 17.7 Å². The Labute approximate surface area is 231 Å². The number of hydrogen-bond acceptors (Lipinski definition) is 5. The fourth-order valence-corrected chi connectivity index (χ4v) is 4.75. The van der Waals surface area contributed by atoms with Gasteiger partial charge in [-0.25, -0.2) is 9.78 Å². The highest BCUT2D eigenvalue weighted by atomic mass is 16.6. The van der Waals surface area contributed by atoms with E-state index in [-0.39, 0.29) is 11.8 Å². The van der Waals surface area contributed by atoms with Crippen LogP contribution >= 0.6 is 0 Å². The van der Waals surface area contributed by atoms with Crippen LogP contribution in [0.3, 0.4) is 0 Å². The topological polar surface area (TPSA) is 87.2 Å². The standard InChI is InChI=1S/C33H39N3O3/c1-6-8-14-30-35-31-27(34)19-24(29(37)11-7-2)20-28(31)36(30)21-22-15-17-23(18-16-22)25-12-9-10-13-26(25)32(38)39-33(3,4)5/h9-10,12-13,15-20H,6-8,11,14,21,34H2,1-5H3. The maximum absolute atomic E-state index is 12.9. The fraction of sp³-hybridized carbons (Fsp3) is 0.364. The summed E-state index contributed by atoms with van der Waals surface area (Å²) in [7, 11) is 0. The molecule has 0 fully saturated rings. The number of aromatic nitrogens is 2. The van der Waals surface area contributed by atoms with Crippen LogP contribution < -0.4 is 5.73 Å². The van der Waals surface area contributed by atoms with Crippen molar-refractivity contribution in [2.45, 2.75) is 78.9 Å². The Morgan fingerprint density at radius 2 is 1.69 bits per heavy atom. The van der Waals surface area contributed by atoms with E-state index in [9.17, 15) is 9.59 Å². The first-order valence-electron chi connectivity index (χ1n) is 13.8. The van der Waals surface area contributed by atoms with Crippen LogP contribution in [0.2, 0.25) is 0 Å². The molecular formula is C33H39N3O3. The Bertz CT molecular complexity index is 1480. The molecule has 0 bridgehead atoms. The Morgan fingerprint density at radius 3 is 2.36 bits per heavy atom. The minimum absolute atomic E-state index is 0.0990. The highest BCUT2D eigenvalue weighted by Gasteiger charge is 2.21. The average molecular weight is 526 g/mol. The number of hydrogen-bond donors (Lipinski definition) is 1. The molecule has 0 saturated carbocycles. The summed E-state index contributed by atoms with van der Waals surface area (Å²) in [6, 6.07) is 19.4.